The minimum Gasteiger partial charge on any atom is -0.495 e. The molecule has 3 aliphatic heterocycles. The molecule has 0 fully saturated rings. The smallest absolute Gasteiger partial charge is 0.267 e. The third kappa shape index (κ3) is 8.49. The second kappa shape index (κ2) is 18.3. The van der Waals surface area contributed by atoms with Crippen molar-refractivity contribution in [2.24, 2.45) is 0 Å². The Balaban J connectivity index is 1.12. The molecule has 0 spiro atoms. The summed E-state index contributed by atoms with van der Waals surface area (Å²) in [5.74, 6) is 1.01. The molecule has 14 rings (SSSR count). The molecule has 6 aliphatic rings. The zero-order valence-electron chi connectivity index (χ0n) is 52.3. The SMILES string of the molecule is CC(C)(C)c1ccc2c(c1)OC1B3c4cc5c(cc4N(c4ccc6c(c4)C(C)(C)CCC6(C)C)c4cc(N(c6ccccc6)c6ccc(-c7ccccc7)cc6)cc(c43)N(c3ccc4c(c3)C(C)(C)CCC4(C)C)C21)C(C)(C)CCC5(C)C. The van der Waals surface area contributed by atoms with E-state index in [0.717, 1.165) is 48.5 Å². The van der Waals surface area contributed by atoms with Gasteiger partial charge in [-0.15, -0.1) is 0 Å². The summed E-state index contributed by atoms with van der Waals surface area (Å²) in [7, 11) is 0. The van der Waals surface area contributed by atoms with Gasteiger partial charge in [0.15, 0.2) is 0 Å². The fraction of sp³-hybridized carbons (Fsp3) is 0.385. The predicted octanol–water partition coefficient (Wildman–Crippen LogP) is 19.8. The van der Waals surface area contributed by atoms with Crippen LogP contribution in [0.5, 0.6) is 5.75 Å². The van der Waals surface area contributed by atoms with Gasteiger partial charge in [-0.25, -0.2) is 0 Å². The highest BCUT2D eigenvalue weighted by Crippen LogP contribution is 2.58. The van der Waals surface area contributed by atoms with Gasteiger partial charge in [0.25, 0.3) is 6.71 Å². The van der Waals surface area contributed by atoms with Crippen LogP contribution in [0.4, 0.5) is 45.5 Å². The maximum Gasteiger partial charge on any atom is 0.267 e. The monoisotopic (exact) mass is 1090 g/mol. The molecule has 0 amide bonds. The molecule has 0 aromatic heterocycles. The van der Waals surface area contributed by atoms with Crippen LogP contribution in [0.15, 0.2) is 164 Å². The Hall–Kier alpha value is -6.98. The highest BCUT2D eigenvalue weighted by molar-refractivity contribution is 6.91. The molecule has 3 heterocycles. The summed E-state index contributed by atoms with van der Waals surface area (Å²) in [5, 5.41) is 0. The summed E-state index contributed by atoms with van der Waals surface area (Å²) < 4.78 is 7.89. The van der Waals surface area contributed by atoms with Crippen LogP contribution in [0.25, 0.3) is 11.1 Å². The van der Waals surface area contributed by atoms with E-state index in [1.165, 1.54) is 108 Å². The largest absolute Gasteiger partial charge is 0.495 e. The Morgan fingerprint density at radius 1 is 0.434 bits per heavy atom. The second-order valence-electron chi connectivity index (χ2n) is 30.9. The Kier molecular flexibility index (Phi) is 11.9. The summed E-state index contributed by atoms with van der Waals surface area (Å²) in [6.45, 7) is 36.6. The molecule has 2 unspecified atom stereocenters. The molecule has 8 aromatic rings. The second-order valence-corrected chi connectivity index (χ2v) is 30.9. The van der Waals surface area contributed by atoms with Crippen molar-refractivity contribution in [1.82, 2.24) is 0 Å². The summed E-state index contributed by atoms with van der Waals surface area (Å²) in [6.07, 6.45) is 6.91. The van der Waals surface area contributed by atoms with Gasteiger partial charge in [-0.05, 0) is 210 Å². The first-order valence-electron chi connectivity index (χ1n) is 31.3. The topological polar surface area (TPSA) is 19.0 Å². The standard InChI is InChI=1S/C78H86BN3O/c1-72(2,3)51-28-33-57-68(42-51)83-71-70(57)82(55-32-35-59-61(44-55)76(10,11)39-37-74(59,6)7)67-46-56(80(52-24-20-17-21-25-52)53-29-26-50(27-30-53)49-22-18-16-19-23-49)45-66-69(67)79(71)64-47-62-63(78(14,15)41-40-77(62,12)13)48-65(64)81(66)54-31-34-58-60(43-54)75(8,9)38-36-73(58,4)5/h16-35,42-48,70-71H,36-41H2,1-15H3. The van der Waals surface area contributed by atoms with Gasteiger partial charge in [0, 0.05) is 45.4 Å². The van der Waals surface area contributed by atoms with Crippen molar-refractivity contribution in [3.63, 3.8) is 0 Å². The van der Waals surface area contributed by atoms with Gasteiger partial charge in [0.2, 0.25) is 0 Å². The lowest BCUT2D eigenvalue weighted by molar-refractivity contribution is 0.281. The molecule has 5 heteroatoms. The van der Waals surface area contributed by atoms with Gasteiger partial charge in [0.1, 0.15) is 11.8 Å². The number of hydrogen-bond donors (Lipinski definition) is 0. The first-order chi connectivity index (χ1) is 39.2. The van der Waals surface area contributed by atoms with E-state index in [0.29, 0.717) is 0 Å². The third-order valence-corrected chi connectivity index (χ3v) is 21.6. The molecule has 4 nitrogen and oxygen atoms in total. The highest BCUT2D eigenvalue weighted by atomic mass is 16.5. The van der Waals surface area contributed by atoms with Gasteiger partial charge in [-0.2, -0.15) is 0 Å². The fourth-order valence-corrected chi connectivity index (χ4v) is 16.0. The van der Waals surface area contributed by atoms with Crippen molar-refractivity contribution >= 4 is 63.1 Å². The van der Waals surface area contributed by atoms with Gasteiger partial charge >= 0.3 is 0 Å². The number of fused-ring (bicyclic) bond motifs is 9. The van der Waals surface area contributed by atoms with Crippen LogP contribution in [-0.4, -0.2) is 12.7 Å². The zero-order valence-corrected chi connectivity index (χ0v) is 52.3. The van der Waals surface area contributed by atoms with E-state index in [2.05, 4.69) is 282 Å². The predicted molar refractivity (Wildman–Crippen MR) is 353 cm³/mol. The molecule has 0 saturated heterocycles. The first-order valence-corrected chi connectivity index (χ1v) is 31.3. The van der Waals surface area contributed by atoms with Crippen LogP contribution in [0.1, 0.15) is 193 Å². The summed E-state index contributed by atoms with van der Waals surface area (Å²) in [4.78, 5) is 8.00. The van der Waals surface area contributed by atoms with E-state index >= 15 is 0 Å². The van der Waals surface area contributed by atoms with Crippen molar-refractivity contribution in [3.8, 4) is 16.9 Å². The molecule has 2 atom stereocenters. The van der Waals surface area contributed by atoms with Crippen molar-refractivity contribution in [3.05, 3.63) is 208 Å². The Bertz CT molecular complexity index is 3910. The average Bonchev–Trinajstić information content (AvgIpc) is 2.65. The third-order valence-electron chi connectivity index (χ3n) is 21.6. The normalized spacial score (nSPS) is 21.3. The zero-order chi connectivity index (χ0) is 58.1. The Morgan fingerprint density at radius 2 is 0.916 bits per heavy atom. The average molecular weight is 1090 g/mol. The Morgan fingerprint density at radius 3 is 1.49 bits per heavy atom. The van der Waals surface area contributed by atoms with E-state index in [9.17, 15) is 0 Å². The molecule has 0 saturated carbocycles. The maximum atomic E-state index is 7.89. The fourth-order valence-electron chi connectivity index (χ4n) is 16.0. The quantitative estimate of drug-likeness (QED) is 0.154. The van der Waals surface area contributed by atoms with E-state index in [4.69, 9.17) is 4.74 Å². The van der Waals surface area contributed by atoms with Crippen LogP contribution in [-0.2, 0) is 37.9 Å². The molecule has 0 radical (unpaired) electrons. The lowest BCUT2D eigenvalue weighted by Gasteiger charge is -2.50. The molecule has 0 N–H and O–H groups in total. The van der Waals surface area contributed by atoms with Gasteiger partial charge in [-0.1, -0.05) is 195 Å². The number of rotatable bonds is 6. The summed E-state index contributed by atoms with van der Waals surface area (Å²) in [6, 6.07) is 63.7. The summed E-state index contributed by atoms with van der Waals surface area (Å²) >= 11 is 0. The number of para-hydroxylation sites is 1. The highest BCUT2D eigenvalue weighted by Gasteiger charge is 2.57. The van der Waals surface area contributed by atoms with Gasteiger partial charge in [-0.3, -0.25) is 0 Å². The number of benzene rings is 8. The molecule has 3 aliphatic carbocycles. The lowest BCUT2D eigenvalue weighted by Crippen LogP contribution is -2.65. The Labute approximate surface area is 497 Å². The van der Waals surface area contributed by atoms with E-state index in [1.807, 2.05) is 0 Å². The van der Waals surface area contributed by atoms with E-state index < -0.39 is 0 Å². The first kappa shape index (κ1) is 54.0. The summed E-state index contributed by atoms with van der Waals surface area (Å²) in [5.41, 5.74) is 26.1. The number of nitrogens with zero attached hydrogens (tertiary/aromatic N) is 3. The van der Waals surface area contributed by atoms with Crippen molar-refractivity contribution in [2.45, 2.75) is 192 Å². The number of ether oxygens (including phenoxy) is 1. The van der Waals surface area contributed by atoms with Crippen LogP contribution >= 0.6 is 0 Å². The molecule has 83 heavy (non-hydrogen) atoms. The number of anilines is 8. The lowest BCUT2D eigenvalue weighted by atomic mass is 9.32. The van der Waals surface area contributed by atoms with Crippen molar-refractivity contribution in [1.29, 1.82) is 0 Å². The van der Waals surface area contributed by atoms with E-state index in [-0.39, 0.29) is 56.7 Å². The molecular weight excluding hydrogens is 1010 g/mol. The van der Waals surface area contributed by atoms with Crippen LogP contribution < -0.4 is 30.4 Å². The van der Waals surface area contributed by atoms with Crippen LogP contribution in [0.3, 0.4) is 0 Å². The van der Waals surface area contributed by atoms with Crippen LogP contribution in [0.2, 0.25) is 0 Å². The molecule has 0 bridgehead atoms. The molecule has 422 valence electrons. The molecular formula is C78H86BN3O. The maximum absolute atomic E-state index is 7.89. The minimum atomic E-state index is -0.226. The van der Waals surface area contributed by atoms with Gasteiger partial charge < -0.3 is 19.4 Å². The minimum absolute atomic E-state index is 0.00370. The van der Waals surface area contributed by atoms with Crippen molar-refractivity contribution in [2.75, 3.05) is 14.7 Å². The molecule has 8 aromatic carbocycles. The van der Waals surface area contributed by atoms with Crippen molar-refractivity contribution < 1.29 is 4.74 Å². The number of hydrogen-bond acceptors (Lipinski definition) is 4. The van der Waals surface area contributed by atoms with E-state index in [1.54, 1.807) is 0 Å². The van der Waals surface area contributed by atoms with Crippen LogP contribution in [0, 0.1) is 0 Å². The van der Waals surface area contributed by atoms with Gasteiger partial charge in [0.05, 0.1) is 11.7 Å².